The van der Waals surface area contributed by atoms with Crippen LogP contribution in [0, 0.1) is 0 Å². The lowest BCUT2D eigenvalue weighted by molar-refractivity contribution is 0.0785. The van der Waals surface area contributed by atoms with Crippen LogP contribution in [0.2, 0.25) is 5.15 Å². The summed E-state index contributed by atoms with van der Waals surface area (Å²) >= 11 is 9.22. The molecule has 0 radical (unpaired) electrons. The number of halogens is 2. The van der Waals surface area contributed by atoms with E-state index >= 15 is 0 Å². The molecule has 0 saturated heterocycles. The summed E-state index contributed by atoms with van der Waals surface area (Å²) in [5.41, 5.74) is 7.06. The third kappa shape index (κ3) is 3.71. The van der Waals surface area contributed by atoms with Gasteiger partial charge in [0.1, 0.15) is 11.0 Å². The smallest absolute Gasteiger partial charge is 0.254 e. The number of rotatable bonds is 3. The van der Waals surface area contributed by atoms with Crippen LogP contribution in [0.1, 0.15) is 15.9 Å². The van der Waals surface area contributed by atoms with Gasteiger partial charge in [-0.15, -0.1) is 0 Å². The van der Waals surface area contributed by atoms with E-state index in [0.29, 0.717) is 12.1 Å². The molecule has 0 aliphatic rings. The molecule has 0 spiro atoms. The summed E-state index contributed by atoms with van der Waals surface area (Å²) in [6, 6.07) is 10.8. The number of benzene rings is 1. The number of hydrogen-bond acceptors (Lipinski definition) is 3. The molecule has 2 N–H and O–H groups in total. The summed E-state index contributed by atoms with van der Waals surface area (Å²) in [7, 11) is 1.73. The van der Waals surface area contributed by atoms with Crippen molar-refractivity contribution < 1.29 is 4.79 Å². The average molecular weight is 355 g/mol. The van der Waals surface area contributed by atoms with Crippen LogP contribution in [0.15, 0.2) is 40.9 Å². The van der Waals surface area contributed by atoms with Crippen molar-refractivity contribution >= 4 is 39.3 Å². The van der Waals surface area contributed by atoms with Gasteiger partial charge >= 0.3 is 0 Å². The Labute approximate surface area is 130 Å². The highest BCUT2D eigenvalue weighted by Crippen LogP contribution is 2.16. The molecule has 1 aromatic carbocycles. The SMILES string of the molecule is CN(Cc1cccc(Br)c1)C(=O)c1cc(N)nc(Cl)c1. The van der Waals surface area contributed by atoms with Crippen molar-refractivity contribution in [3.05, 3.63) is 57.2 Å². The van der Waals surface area contributed by atoms with Crippen molar-refractivity contribution in [1.82, 2.24) is 9.88 Å². The number of nitrogens with zero attached hydrogens (tertiary/aromatic N) is 2. The molecule has 6 heteroatoms. The van der Waals surface area contributed by atoms with Gasteiger partial charge in [0.05, 0.1) is 0 Å². The maximum atomic E-state index is 12.3. The van der Waals surface area contributed by atoms with E-state index in [0.717, 1.165) is 10.0 Å². The first-order valence-electron chi connectivity index (χ1n) is 5.88. The molecule has 1 heterocycles. The van der Waals surface area contributed by atoms with Gasteiger partial charge in [-0.3, -0.25) is 4.79 Å². The number of carbonyl (C=O) groups excluding carboxylic acids is 1. The number of pyridine rings is 1. The van der Waals surface area contributed by atoms with Crippen LogP contribution in [0.4, 0.5) is 5.82 Å². The van der Waals surface area contributed by atoms with Crippen LogP contribution in [-0.4, -0.2) is 22.8 Å². The lowest BCUT2D eigenvalue weighted by Crippen LogP contribution is -2.26. The summed E-state index contributed by atoms with van der Waals surface area (Å²) in [5, 5.41) is 0.212. The highest BCUT2D eigenvalue weighted by atomic mass is 79.9. The number of carbonyl (C=O) groups is 1. The van der Waals surface area contributed by atoms with E-state index in [4.69, 9.17) is 17.3 Å². The number of nitrogen functional groups attached to an aromatic ring is 1. The van der Waals surface area contributed by atoms with Gasteiger partial charge < -0.3 is 10.6 Å². The van der Waals surface area contributed by atoms with Gasteiger partial charge in [-0.2, -0.15) is 0 Å². The summed E-state index contributed by atoms with van der Waals surface area (Å²) in [4.78, 5) is 17.8. The molecule has 4 nitrogen and oxygen atoms in total. The lowest BCUT2D eigenvalue weighted by Gasteiger charge is -2.17. The van der Waals surface area contributed by atoms with E-state index in [1.54, 1.807) is 11.9 Å². The molecular formula is C14H13BrClN3O. The van der Waals surface area contributed by atoms with Crippen LogP contribution >= 0.6 is 27.5 Å². The van der Waals surface area contributed by atoms with E-state index in [2.05, 4.69) is 20.9 Å². The quantitative estimate of drug-likeness (QED) is 0.860. The molecular weight excluding hydrogens is 342 g/mol. The number of hydrogen-bond donors (Lipinski definition) is 1. The van der Waals surface area contributed by atoms with Gasteiger partial charge in [0.15, 0.2) is 0 Å². The van der Waals surface area contributed by atoms with Gasteiger partial charge in [0.2, 0.25) is 0 Å². The molecule has 0 aliphatic carbocycles. The molecule has 0 fully saturated rings. The fraction of sp³-hybridized carbons (Fsp3) is 0.143. The first-order valence-corrected chi connectivity index (χ1v) is 7.06. The standard InChI is InChI=1S/C14H13BrClN3O/c1-19(8-9-3-2-4-11(15)5-9)14(20)10-6-12(16)18-13(17)7-10/h2-7H,8H2,1H3,(H2,17,18). The van der Waals surface area contributed by atoms with E-state index in [-0.39, 0.29) is 16.9 Å². The zero-order valence-electron chi connectivity index (χ0n) is 10.8. The van der Waals surface area contributed by atoms with Crippen LogP contribution in [0.3, 0.4) is 0 Å². The van der Waals surface area contributed by atoms with Crippen molar-refractivity contribution in [2.75, 3.05) is 12.8 Å². The van der Waals surface area contributed by atoms with Crippen molar-refractivity contribution in [1.29, 1.82) is 0 Å². The summed E-state index contributed by atoms with van der Waals surface area (Å²) in [5.74, 6) is 0.0812. The largest absolute Gasteiger partial charge is 0.384 e. The number of anilines is 1. The van der Waals surface area contributed by atoms with Crippen LogP contribution in [0.5, 0.6) is 0 Å². The Morgan fingerprint density at radius 2 is 2.15 bits per heavy atom. The van der Waals surface area contributed by atoms with Crippen LogP contribution < -0.4 is 5.73 Å². The number of nitrogens with two attached hydrogens (primary N) is 1. The third-order valence-electron chi connectivity index (χ3n) is 2.72. The van der Waals surface area contributed by atoms with E-state index in [1.165, 1.54) is 12.1 Å². The Bertz CT molecular complexity index is 628. The number of aromatic nitrogens is 1. The summed E-state index contributed by atoms with van der Waals surface area (Å²) in [6.07, 6.45) is 0. The molecule has 2 rings (SSSR count). The Morgan fingerprint density at radius 1 is 1.40 bits per heavy atom. The van der Waals surface area contributed by atoms with Gasteiger partial charge in [0.25, 0.3) is 5.91 Å². The number of amides is 1. The van der Waals surface area contributed by atoms with Gasteiger partial charge in [-0.25, -0.2) is 4.98 Å². The maximum absolute atomic E-state index is 12.3. The Balaban J connectivity index is 2.16. The van der Waals surface area contributed by atoms with Gasteiger partial charge in [-0.1, -0.05) is 39.7 Å². The minimum atomic E-state index is -0.152. The molecule has 1 amide bonds. The second-order valence-electron chi connectivity index (χ2n) is 4.39. The molecule has 0 saturated carbocycles. The van der Waals surface area contributed by atoms with Gasteiger partial charge in [0, 0.05) is 23.6 Å². The molecule has 20 heavy (non-hydrogen) atoms. The second-order valence-corrected chi connectivity index (χ2v) is 5.70. The predicted octanol–water partition coefficient (Wildman–Crippen LogP) is 3.35. The monoisotopic (exact) mass is 353 g/mol. The highest BCUT2D eigenvalue weighted by molar-refractivity contribution is 9.10. The van der Waals surface area contributed by atoms with E-state index in [9.17, 15) is 4.79 Å². The lowest BCUT2D eigenvalue weighted by atomic mass is 10.2. The molecule has 0 bridgehead atoms. The molecule has 1 aromatic heterocycles. The zero-order chi connectivity index (χ0) is 14.7. The normalized spacial score (nSPS) is 10.3. The van der Waals surface area contributed by atoms with E-state index < -0.39 is 0 Å². The summed E-state index contributed by atoms with van der Waals surface area (Å²) < 4.78 is 0.979. The fourth-order valence-corrected chi connectivity index (χ4v) is 2.50. The maximum Gasteiger partial charge on any atom is 0.254 e. The minimum Gasteiger partial charge on any atom is -0.384 e. The Hall–Kier alpha value is -1.59. The fourth-order valence-electron chi connectivity index (χ4n) is 1.84. The van der Waals surface area contributed by atoms with Crippen molar-refractivity contribution in [3.63, 3.8) is 0 Å². The van der Waals surface area contributed by atoms with Crippen molar-refractivity contribution in [2.24, 2.45) is 0 Å². The third-order valence-corrected chi connectivity index (χ3v) is 3.40. The Morgan fingerprint density at radius 3 is 2.80 bits per heavy atom. The highest BCUT2D eigenvalue weighted by Gasteiger charge is 2.14. The van der Waals surface area contributed by atoms with Gasteiger partial charge in [-0.05, 0) is 29.8 Å². The molecule has 0 unspecified atom stereocenters. The molecule has 0 aliphatic heterocycles. The van der Waals surface area contributed by atoms with Crippen molar-refractivity contribution in [2.45, 2.75) is 6.54 Å². The predicted molar refractivity (Wildman–Crippen MR) is 83.6 cm³/mol. The minimum absolute atomic E-state index is 0.152. The molecule has 104 valence electrons. The first kappa shape index (κ1) is 14.8. The van der Waals surface area contributed by atoms with E-state index in [1.807, 2.05) is 24.3 Å². The first-order chi connectivity index (χ1) is 9.45. The van der Waals surface area contributed by atoms with Crippen LogP contribution in [-0.2, 0) is 6.54 Å². The summed E-state index contributed by atoms with van der Waals surface area (Å²) in [6.45, 7) is 0.498. The zero-order valence-corrected chi connectivity index (χ0v) is 13.1. The topological polar surface area (TPSA) is 59.2 Å². The van der Waals surface area contributed by atoms with Crippen molar-refractivity contribution in [3.8, 4) is 0 Å². The molecule has 0 atom stereocenters. The Kier molecular flexibility index (Phi) is 4.62. The average Bonchev–Trinajstić information content (AvgIpc) is 2.36. The molecule has 2 aromatic rings. The van der Waals surface area contributed by atoms with Crippen LogP contribution in [0.25, 0.3) is 0 Å². The second kappa shape index (κ2) is 6.24.